The minimum atomic E-state index is -0.213. The van der Waals surface area contributed by atoms with Gasteiger partial charge in [-0.05, 0) is 62.2 Å². The highest BCUT2D eigenvalue weighted by Gasteiger charge is 2.63. The van der Waals surface area contributed by atoms with Crippen LogP contribution in [0.3, 0.4) is 0 Å². The van der Waals surface area contributed by atoms with Crippen LogP contribution in [-0.2, 0) is 9.53 Å². The molecule has 5 fully saturated rings. The summed E-state index contributed by atoms with van der Waals surface area (Å²) in [7, 11) is 0. The van der Waals surface area contributed by atoms with Crippen molar-refractivity contribution in [1.82, 2.24) is 4.90 Å². The lowest BCUT2D eigenvalue weighted by molar-refractivity contribution is -0.188. The van der Waals surface area contributed by atoms with Crippen LogP contribution >= 0.6 is 0 Å². The maximum absolute atomic E-state index is 13.6. The molecule has 23 heavy (non-hydrogen) atoms. The van der Waals surface area contributed by atoms with E-state index in [4.69, 9.17) is 4.74 Å². The molecule has 1 N–H and O–H groups in total. The highest BCUT2D eigenvalue weighted by Crippen LogP contribution is 2.69. The number of aliphatic hydroxyl groups is 1. The van der Waals surface area contributed by atoms with Gasteiger partial charge in [0.15, 0.2) is 0 Å². The normalized spacial score (nSPS) is 52.0. The summed E-state index contributed by atoms with van der Waals surface area (Å²) in [5, 5.41) is 9.43. The molecule has 5 rings (SSSR count). The zero-order valence-corrected chi connectivity index (χ0v) is 14.8. The van der Waals surface area contributed by atoms with Gasteiger partial charge in [-0.25, -0.2) is 0 Å². The van der Waals surface area contributed by atoms with E-state index in [2.05, 4.69) is 20.8 Å². The van der Waals surface area contributed by atoms with Crippen molar-refractivity contribution in [3.63, 3.8) is 0 Å². The van der Waals surface area contributed by atoms with Crippen LogP contribution in [0.4, 0.5) is 0 Å². The Morgan fingerprint density at radius 1 is 1.17 bits per heavy atom. The Kier molecular flexibility index (Phi) is 3.42. The van der Waals surface area contributed by atoms with E-state index >= 15 is 0 Å². The van der Waals surface area contributed by atoms with Gasteiger partial charge >= 0.3 is 0 Å². The molecule has 5 aliphatic rings. The van der Waals surface area contributed by atoms with E-state index in [0.29, 0.717) is 29.9 Å². The smallest absolute Gasteiger partial charge is 0.229 e. The molecule has 4 nitrogen and oxygen atoms in total. The third-order valence-corrected chi connectivity index (χ3v) is 7.05. The fourth-order valence-corrected chi connectivity index (χ4v) is 7.20. The largest absolute Gasteiger partial charge is 0.394 e. The Bertz CT molecular complexity index is 501. The van der Waals surface area contributed by atoms with E-state index in [-0.39, 0.29) is 24.2 Å². The molecule has 4 aliphatic carbocycles. The monoisotopic (exact) mass is 321 g/mol. The highest BCUT2D eigenvalue weighted by atomic mass is 16.5. The van der Waals surface area contributed by atoms with Gasteiger partial charge in [0.05, 0.1) is 30.8 Å². The molecule has 6 atom stereocenters. The van der Waals surface area contributed by atoms with Crippen molar-refractivity contribution >= 4 is 5.91 Å². The van der Waals surface area contributed by atoms with Crippen LogP contribution in [0.2, 0.25) is 0 Å². The van der Waals surface area contributed by atoms with E-state index in [1.54, 1.807) is 0 Å². The maximum Gasteiger partial charge on any atom is 0.229 e. The summed E-state index contributed by atoms with van der Waals surface area (Å²) in [4.78, 5) is 15.6. The number of carbonyl (C=O) groups excluding carboxylic acids is 1. The van der Waals surface area contributed by atoms with Crippen LogP contribution in [-0.4, -0.2) is 47.8 Å². The number of carbonyl (C=O) groups is 1. The molecule has 0 spiro atoms. The minimum absolute atomic E-state index is 0.00154. The summed E-state index contributed by atoms with van der Waals surface area (Å²) < 4.78 is 5.63. The van der Waals surface area contributed by atoms with Crippen LogP contribution in [0.1, 0.15) is 59.3 Å². The Balaban J connectivity index is 1.62. The van der Waals surface area contributed by atoms with Gasteiger partial charge in [-0.1, -0.05) is 13.8 Å². The number of aliphatic hydroxyl groups excluding tert-OH is 1. The Hall–Kier alpha value is -0.610. The number of nitrogens with zero attached hydrogens (tertiary/aromatic N) is 1. The van der Waals surface area contributed by atoms with Crippen LogP contribution in [0.15, 0.2) is 0 Å². The maximum atomic E-state index is 13.6. The molecule has 0 radical (unpaired) electrons. The first kappa shape index (κ1) is 15.9. The molecule has 0 aromatic rings. The third kappa shape index (κ3) is 2.44. The lowest BCUT2D eigenvalue weighted by Gasteiger charge is -2.65. The summed E-state index contributed by atoms with van der Waals surface area (Å²) in [6.07, 6.45) is 6.94. The van der Waals surface area contributed by atoms with Crippen LogP contribution in [0, 0.1) is 22.2 Å². The Morgan fingerprint density at radius 3 is 2.39 bits per heavy atom. The van der Waals surface area contributed by atoms with Crippen molar-refractivity contribution < 1.29 is 14.6 Å². The van der Waals surface area contributed by atoms with Crippen LogP contribution < -0.4 is 0 Å². The van der Waals surface area contributed by atoms with Crippen molar-refractivity contribution in [3.8, 4) is 0 Å². The lowest BCUT2D eigenvalue weighted by atomic mass is 9.40. The number of hydrogen-bond acceptors (Lipinski definition) is 3. The first-order valence-corrected chi connectivity index (χ1v) is 9.30. The first-order chi connectivity index (χ1) is 10.8. The highest BCUT2D eigenvalue weighted by molar-refractivity contribution is 5.84. The van der Waals surface area contributed by atoms with Crippen molar-refractivity contribution in [3.05, 3.63) is 0 Å². The van der Waals surface area contributed by atoms with E-state index in [1.807, 2.05) is 4.90 Å². The number of ether oxygens (including phenoxy) is 1. The minimum Gasteiger partial charge on any atom is -0.394 e. The second-order valence-electron chi connectivity index (χ2n) is 9.85. The topological polar surface area (TPSA) is 49.8 Å². The standard InChI is InChI=1S/C19H31NO3/c1-13-9-23-15(8-21)7-20(13)16(22)19-6-14-4-17(2,11-19)10-18(3,5-14)12-19/h13-15,21H,4-12H2,1-3H3/t13-,14?,15-,17-,18+,19?/m0/s1. The third-order valence-electron chi connectivity index (χ3n) is 7.05. The average Bonchev–Trinajstić information content (AvgIpc) is 2.43. The van der Waals surface area contributed by atoms with Crippen molar-refractivity contribution in [2.75, 3.05) is 19.8 Å². The molecule has 4 saturated carbocycles. The van der Waals surface area contributed by atoms with E-state index in [0.717, 1.165) is 25.2 Å². The van der Waals surface area contributed by atoms with Gasteiger partial charge in [0.25, 0.3) is 0 Å². The zero-order chi connectivity index (χ0) is 16.5. The summed E-state index contributed by atoms with van der Waals surface area (Å²) in [5.41, 5.74) is 0.569. The molecule has 1 aliphatic heterocycles. The number of rotatable bonds is 2. The quantitative estimate of drug-likeness (QED) is 0.850. The first-order valence-electron chi connectivity index (χ1n) is 9.30. The molecule has 130 valence electrons. The predicted octanol–water partition coefficient (Wildman–Crippen LogP) is 2.59. The molecule has 4 bridgehead atoms. The van der Waals surface area contributed by atoms with Gasteiger partial charge in [-0.2, -0.15) is 0 Å². The van der Waals surface area contributed by atoms with Crippen LogP contribution in [0.5, 0.6) is 0 Å². The van der Waals surface area contributed by atoms with Gasteiger partial charge in [-0.3, -0.25) is 4.79 Å². The van der Waals surface area contributed by atoms with Crippen LogP contribution in [0.25, 0.3) is 0 Å². The molecule has 4 heteroatoms. The molecule has 0 aromatic heterocycles. The van der Waals surface area contributed by atoms with Gasteiger partial charge in [0.1, 0.15) is 0 Å². The van der Waals surface area contributed by atoms with Gasteiger partial charge in [0, 0.05) is 6.54 Å². The summed E-state index contributed by atoms with van der Waals surface area (Å²) in [6, 6.07) is 0.124. The molecule has 0 aromatic carbocycles. The summed E-state index contributed by atoms with van der Waals surface area (Å²) in [6.45, 7) is 8.01. The summed E-state index contributed by atoms with van der Waals surface area (Å²) in [5.74, 6) is 1.09. The van der Waals surface area contributed by atoms with Gasteiger partial charge < -0.3 is 14.7 Å². The predicted molar refractivity (Wildman–Crippen MR) is 87.8 cm³/mol. The van der Waals surface area contributed by atoms with E-state index in [1.165, 1.54) is 19.3 Å². The average molecular weight is 321 g/mol. The molecule has 2 unspecified atom stereocenters. The number of amides is 1. The van der Waals surface area contributed by atoms with Gasteiger partial charge in [-0.15, -0.1) is 0 Å². The lowest BCUT2D eigenvalue weighted by Crippen LogP contribution is -2.63. The molecular formula is C19H31NO3. The molecular weight excluding hydrogens is 290 g/mol. The van der Waals surface area contributed by atoms with E-state index < -0.39 is 0 Å². The molecule has 1 heterocycles. The Labute approximate surface area is 139 Å². The molecule has 1 amide bonds. The summed E-state index contributed by atoms with van der Waals surface area (Å²) >= 11 is 0. The second kappa shape index (κ2) is 4.95. The Morgan fingerprint density at radius 2 is 1.83 bits per heavy atom. The fraction of sp³-hybridized carbons (Fsp3) is 0.947. The number of hydrogen-bond donors (Lipinski definition) is 1. The number of morpholine rings is 1. The van der Waals surface area contributed by atoms with E-state index in [9.17, 15) is 9.90 Å². The van der Waals surface area contributed by atoms with Crippen molar-refractivity contribution in [1.29, 1.82) is 0 Å². The van der Waals surface area contributed by atoms with Crippen molar-refractivity contribution in [2.45, 2.75) is 71.4 Å². The molecule has 1 saturated heterocycles. The fourth-order valence-electron chi connectivity index (χ4n) is 7.20. The zero-order valence-electron chi connectivity index (χ0n) is 14.8. The van der Waals surface area contributed by atoms with Gasteiger partial charge in [0.2, 0.25) is 5.91 Å². The SMILES string of the molecule is C[C@H]1CO[C@H](CO)CN1C(=O)C12CC3C[C@@](C)(C1)C[C@](C)(C3)C2. The van der Waals surface area contributed by atoms with Crippen molar-refractivity contribution in [2.24, 2.45) is 22.2 Å². The second-order valence-corrected chi connectivity index (χ2v) is 9.85.